The summed E-state index contributed by atoms with van der Waals surface area (Å²) in [5.41, 5.74) is 6.21. The quantitative estimate of drug-likeness (QED) is 0.471. The van der Waals surface area contributed by atoms with Gasteiger partial charge < -0.3 is 0 Å². The molecular formula is C20H18BrNS. The molecule has 0 saturated heterocycles. The molecule has 4 rings (SSSR count). The van der Waals surface area contributed by atoms with Crippen molar-refractivity contribution in [1.82, 2.24) is 4.98 Å². The van der Waals surface area contributed by atoms with Crippen molar-refractivity contribution in [2.24, 2.45) is 0 Å². The summed E-state index contributed by atoms with van der Waals surface area (Å²) < 4.78 is 1.10. The van der Waals surface area contributed by atoms with E-state index >= 15 is 0 Å². The Bertz CT molecular complexity index is 902. The van der Waals surface area contributed by atoms with Crippen molar-refractivity contribution in [3.8, 4) is 11.3 Å². The molecule has 0 amide bonds. The molecule has 1 aromatic heterocycles. The van der Waals surface area contributed by atoms with Crippen LogP contribution in [-0.2, 0) is 0 Å². The number of nitrogens with zero attached hydrogens (tertiary/aromatic N) is 1. The van der Waals surface area contributed by atoms with Crippen LogP contribution < -0.4 is 0 Å². The van der Waals surface area contributed by atoms with E-state index in [9.17, 15) is 0 Å². The fourth-order valence-electron chi connectivity index (χ4n) is 3.28. The molecule has 0 aliphatic carbocycles. The average molecular weight is 384 g/mol. The Kier molecular flexibility index (Phi) is 3.73. The predicted molar refractivity (Wildman–Crippen MR) is 103 cm³/mol. The van der Waals surface area contributed by atoms with Crippen molar-refractivity contribution in [2.75, 3.05) is 0 Å². The van der Waals surface area contributed by atoms with Gasteiger partial charge in [-0.3, -0.25) is 0 Å². The van der Waals surface area contributed by atoms with Crippen molar-refractivity contribution in [2.45, 2.75) is 36.8 Å². The molecule has 2 unspecified atom stereocenters. The molecule has 1 aliphatic heterocycles. The summed E-state index contributed by atoms with van der Waals surface area (Å²) in [6.45, 7) is 6.82. The van der Waals surface area contributed by atoms with Crippen LogP contribution >= 0.6 is 27.7 Å². The molecule has 2 atom stereocenters. The average Bonchev–Trinajstić information content (AvgIpc) is 2.83. The first kappa shape index (κ1) is 15.2. The lowest BCUT2D eigenvalue weighted by Gasteiger charge is -2.14. The monoisotopic (exact) mass is 383 g/mol. The number of aryl methyl sites for hydroxylation is 1. The fourth-order valence-corrected chi connectivity index (χ4v) is 4.96. The van der Waals surface area contributed by atoms with Gasteiger partial charge in [0.1, 0.15) is 0 Å². The molecule has 116 valence electrons. The van der Waals surface area contributed by atoms with E-state index in [-0.39, 0.29) is 0 Å². The van der Waals surface area contributed by atoms with E-state index in [0.717, 1.165) is 15.7 Å². The molecular weight excluding hydrogens is 366 g/mol. The molecule has 0 N–H and O–H groups in total. The maximum Gasteiger partial charge on any atom is 0.0848 e. The Morgan fingerprint density at radius 2 is 1.78 bits per heavy atom. The first-order valence-electron chi connectivity index (χ1n) is 7.91. The van der Waals surface area contributed by atoms with Crippen LogP contribution in [0.15, 0.2) is 51.8 Å². The highest BCUT2D eigenvalue weighted by Gasteiger charge is 2.32. The highest BCUT2D eigenvalue weighted by molar-refractivity contribution is 9.10. The third kappa shape index (κ3) is 2.50. The maximum absolute atomic E-state index is 5.02. The van der Waals surface area contributed by atoms with Crippen molar-refractivity contribution >= 4 is 38.6 Å². The van der Waals surface area contributed by atoms with Crippen LogP contribution in [0.25, 0.3) is 22.2 Å². The molecule has 3 aromatic rings. The Morgan fingerprint density at radius 3 is 2.52 bits per heavy atom. The van der Waals surface area contributed by atoms with Crippen LogP contribution in [0.4, 0.5) is 0 Å². The van der Waals surface area contributed by atoms with Gasteiger partial charge in [0.2, 0.25) is 0 Å². The van der Waals surface area contributed by atoms with E-state index in [2.05, 4.69) is 79.2 Å². The molecule has 0 spiro atoms. The van der Waals surface area contributed by atoms with E-state index in [1.165, 1.54) is 27.0 Å². The summed E-state index contributed by atoms with van der Waals surface area (Å²) >= 11 is 5.49. The second kappa shape index (κ2) is 5.64. The minimum Gasteiger partial charge on any atom is -0.247 e. The maximum atomic E-state index is 5.02. The lowest BCUT2D eigenvalue weighted by Crippen LogP contribution is -2.01. The van der Waals surface area contributed by atoms with Crippen molar-refractivity contribution in [1.29, 1.82) is 0 Å². The van der Waals surface area contributed by atoms with Gasteiger partial charge in [-0.05, 0) is 42.7 Å². The lowest BCUT2D eigenvalue weighted by molar-refractivity contribution is 0.767. The zero-order chi connectivity index (χ0) is 16.1. The number of hydrogen-bond acceptors (Lipinski definition) is 2. The summed E-state index contributed by atoms with van der Waals surface area (Å²) in [6, 6.07) is 15.1. The molecule has 1 aliphatic rings. The standard InChI is InChI=1S/C20H18BrNS/c1-11-4-9-17-16(10-11)18-12(2)13(3)23-20(18)19(22-17)14-5-7-15(21)8-6-14/h4-10,12-13H,1-3H3. The Hall–Kier alpha value is -1.32. The first-order chi connectivity index (χ1) is 11.0. The molecule has 0 fully saturated rings. The molecule has 3 heteroatoms. The number of hydrogen-bond donors (Lipinski definition) is 0. The van der Waals surface area contributed by atoms with Gasteiger partial charge in [0.05, 0.1) is 11.2 Å². The largest absolute Gasteiger partial charge is 0.247 e. The number of pyridine rings is 1. The Balaban J connectivity index is 2.05. The molecule has 23 heavy (non-hydrogen) atoms. The van der Waals surface area contributed by atoms with E-state index in [1.54, 1.807) is 0 Å². The lowest BCUT2D eigenvalue weighted by atomic mass is 9.92. The second-order valence-electron chi connectivity index (χ2n) is 6.34. The summed E-state index contributed by atoms with van der Waals surface area (Å²) in [5, 5.41) is 1.91. The number of aromatic nitrogens is 1. The van der Waals surface area contributed by atoms with Gasteiger partial charge in [0, 0.05) is 25.6 Å². The molecule has 2 heterocycles. The van der Waals surface area contributed by atoms with Crippen LogP contribution in [0.2, 0.25) is 0 Å². The number of halogens is 1. The van der Waals surface area contributed by atoms with Crippen LogP contribution in [0.5, 0.6) is 0 Å². The number of benzene rings is 2. The summed E-state index contributed by atoms with van der Waals surface area (Å²) in [5.74, 6) is 0.552. The molecule has 0 saturated carbocycles. The van der Waals surface area contributed by atoms with Crippen LogP contribution in [0, 0.1) is 6.92 Å². The van der Waals surface area contributed by atoms with Crippen molar-refractivity contribution in [3.63, 3.8) is 0 Å². The summed E-state index contributed by atoms with van der Waals surface area (Å²) in [7, 11) is 0. The molecule has 2 aromatic carbocycles. The molecule has 0 radical (unpaired) electrons. The third-order valence-corrected chi connectivity index (χ3v) is 6.67. The second-order valence-corrected chi connectivity index (χ2v) is 8.65. The Labute approximate surface area is 149 Å². The van der Waals surface area contributed by atoms with Gasteiger partial charge >= 0.3 is 0 Å². The third-order valence-electron chi connectivity index (χ3n) is 4.72. The van der Waals surface area contributed by atoms with Crippen LogP contribution in [-0.4, -0.2) is 10.2 Å². The van der Waals surface area contributed by atoms with E-state index in [1.807, 2.05) is 11.8 Å². The van der Waals surface area contributed by atoms with Crippen molar-refractivity contribution < 1.29 is 0 Å². The van der Waals surface area contributed by atoms with Gasteiger partial charge in [0.25, 0.3) is 0 Å². The van der Waals surface area contributed by atoms with E-state index in [4.69, 9.17) is 4.98 Å². The normalized spacial score (nSPS) is 20.0. The first-order valence-corrected chi connectivity index (χ1v) is 9.58. The van der Waals surface area contributed by atoms with Gasteiger partial charge in [-0.25, -0.2) is 4.98 Å². The predicted octanol–water partition coefficient (Wildman–Crippen LogP) is 6.57. The Morgan fingerprint density at radius 1 is 1.04 bits per heavy atom. The number of rotatable bonds is 1. The van der Waals surface area contributed by atoms with Gasteiger partial charge in [0.15, 0.2) is 0 Å². The molecule has 1 nitrogen and oxygen atoms in total. The van der Waals surface area contributed by atoms with E-state index in [0.29, 0.717) is 11.2 Å². The van der Waals surface area contributed by atoms with Crippen LogP contribution in [0.1, 0.15) is 30.9 Å². The minimum atomic E-state index is 0.552. The van der Waals surface area contributed by atoms with E-state index < -0.39 is 0 Å². The molecule has 0 bridgehead atoms. The van der Waals surface area contributed by atoms with Crippen molar-refractivity contribution in [3.05, 3.63) is 58.1 Å². The zero-order valence-corrected chi connectivity index (χ0v) is 15.8. The van der Waals surface area contributed by atoms with Gasteiger partial charge in [-0.1, -0.05) is 53.5 Å². The summed E-state index contributed by atoms with van der Waals surface area (Å²) in [4.78, 5) is 6.39. The minimum absolute atomic E-state index is 0.552. The smallest absolute Gasteiger partial charge is 0.0848 e. The highest BCUT2D eigenvalue weighted by Crippen LogP contribution is 2.51. The SMILES string of the molecule is Cc1ccc2nc(-c3ccc(Br)cc3)c3c(c2c1)C(C)C(C)S3. The number of fused-ring (bicyclic) bond motifs is 3. The van der Waals surface area contributed by atoms with Crippen LogP contribution in [0.3, 0.4) is 0 Å². The van der Waals surface area contributed by atoms with Gasteiger partial charge in [-0.15, -0.1) is 11.8 Å². The zero-order valence-electron chi connectivity index (χ0n) is 13.4. The van der Waals surface area contributed by atoms with Gasteiger partial charge in [-0.2, -0.15) is 0 Å². The number of thioether (sulfide) groups is 1. The topological polar surface area (TPSA) is 12.9 Å². The highest BCUT2D eigenvalue weighted by atomic mass is 79.9. The fraction of sp³-hybridized carbons (Fsp3) is 0.250. The summed E-state index contributed by atoms with van der Waals surface area (Å²) in [6.07, 6.45) is 0.